The van der Waals surface area contributed by atoms with E-state index in [9.17, 15) is 4.79 Å². The molecule has 1 aromatic heterocycles. The molecule has 2 heterocycles. The quantitative estimate of drug-likeness (QED) is 0.769. The van der Waals surface area contributed by atoms with Gasteiger partial charge in [0.2, 0.25) is 0 Å². The number of carbonyl (C=O) groups excluding carboxylic acids is 1. The maximum atomic E-state index is 12.2. The molecule has 0 amide bonds. The van der Waals surface area contributed by atoms with Crippen molar-refractivity contribution >= 4 is 11.7 Å². The van der Waals surface area contributed by atoms with Crippen molar-refractivity contribution < 1.29 is 9.53 Å². The number of aromatic nitrogens is 1. The Morgan fingerprint density at radius 3 is 2.65 bits per heavy atom. The molecule has 3 rings (SSSR count). The smallest absolute Gasteiger partial charge is 0.310 e. The van der Waals surface area contributed by atoms with Gasteiger partial charge in [-0.1, -0.05) is 30.3 Å². The number of carbonyl (C=O) groups is 1. The van der Waals surface area contributed by atoms with Crippen LogP contribution in [0.3, 0.4) is 0 Å². The van der Waals surface area contributed by atoms with Crippen molar-refractivity contribution in [3.63, 3.8) is 0 Å². The highest BCUT2D eigenvalue weighted by molar-refractivity contribution is 5.73. The predicted molar refractivity (Wildman–Crippen MR) is 104 cm³/mol. The first kappa shape index (κ1) is 18.4. The summed E-state index contributed by atoms with van der Waals surface area (Å²) < 4.78 is 5.45. The minimum atomic E-state index is -0.466. The molecule has 1 aliphatic heterocycles. The summed E-state index contributed by atoms with van der Waals surface area (Å²) in [4.78, 5) is 19.2. The number of ether oxygens (including phenoxy) is 1. The van der Waals surface area contributed by atoms with Crippen molar-refractivity contribution in [1.29, 1.82) is 0 Å². The van der Waals surface area contributed by atoms with Gasteiger partial charge >= 0.3 is 5.97 Å². The van der Waals surface area contributed by atoms with E-state index in [0.29, 0.717) is 6.04 Å². The van der Waals surface area contributed by atoms with Crippen LogP contribution in [0.2, 0.25) is 0 Å². The number of fused-ring (bicyclic) bond motifs is 1. The van der Waals surface area contributed by atoms with Gasteiger partial charge in [0.1, 0.15) is 5.60 Å². The van der Waals surface area contributed by atoms with Gasteiger partial charge in [0, 0.05) is 18.8 Å². The van der Waals surface area contributed by atoms with Gasteiger partial charge in [-0.2, -0.15) is 0 Å². The van der Waals surface area contributed by atoms with E-state index in [-0.39, 0.29) is 12.4 Å². The van der Waals surface area contributed by atoms with E-state index >= 15 is 0 Å². The fraction of sp³-hybridized carbons (Fsp3) is 0.455. The molecular formula is C22H28N2O2. The molecule has 1 atom stereocenters. The molecule has 1 aliphatic rings. The second-order valence-electron chi connectivity index (χ2n) is 8.07. The first-order valence-corrected chi connectivity index (χ1v) is 9.32. The summed E-state index contributed by atoms with van der Waals surface area (Å²) >= 11 is 0. The molecule has 0 bridgehead atoms. The van der Waals surface area contributed by atoms with Crippen molar-refractivity contribution in [2.45, 2.75) is 65.1 Å². The summed E-state index contributed by atoms with van der Waals surface area (Å²) in [5, 5.41) is 0. The Morgan fingerprint density at radius 1 is 1.23 bits per heavy atom. The Kier molecular flexibility index (Phi) is 5.30. The van der Waals surface area contributed by atoms with Crippen molar-refractivity contribution in [3.8, 4) is 0 Å². The summed E-state index contributed by atoms with van der Waals surface area (Å²) in [6, 6.07) is 13.0. The number of esters is 1. The molecule has 2 aromatic rings. The fourth-order valence-corrected chi connectivity index (χ4v) is 3.37. The Hall–Kier alpha value is -2.36. The van der Waals surface area contributed by atoms with Crippen LogP contribution in [-0.4, -0.2) is 22.6 Å². The van der Waals surface area contributed by atoms with Gasteiger partial charge < -0.3 is 9.64 Å². The molecule has 0 spiro atoms. The average Bonchev–Trinajstić information content (AvgIpc) is 2.57. The van der Waals surface area contributed by atoms with Crippen LogP contribution in [0.4, 0.5) is 5.69 Å². The zero-order chi connectivity index (χ0) is 18.7. The van der Waals surface area contributed by atoms with E-state index in [1.165, 1.54) is 5.56 Å². The van der Waals surface area contributed by atoms with Gasteiger partial charge in [0.25, 0.3) is 0 Å². The number of aryl methyl sites for hydroxylation is 1. The lowest BCUT2D eigenvalue weighted by molar-refractivity contribution is -0.153. The summed E-state index contributed by atoms with van der Waals surface area (Å²) in [5.74, 6) is -0.210. The normalized spacial score (nSPS) is 16.9. The molecule has 0 radical (unpaired) electrons. The molecule has 138 valence electrons. The largest absolute Gasteiger partial charge is 0.460 e. The number of nitrogens with zero attached hydrogens (tertiary/aromatic N) is 2. The van der Waals surface area contributed by atoms with Crippen LogP contribution in [-0.2, 0) is 28.9 Å². The molecule has 0 saturated carbocycles. The Morgan fingerprint density at radius 2 is 1.96 bits per heavy atom. The first-order valence-electron chi connectivity index (χ1n) is 9.32. The first-order chi connectivity index (χ1) is 12.3. The van der Waals surface area contributed by atoms with E-state index in [4.69, 9.17) is 4.74 Å². The third-order valence-electron chi connectivity index (χ3n) is 4.61. The number of anilines is 1. The summed E-state index contributed by atoms with van der Waals surface area (Å²) in [6.45, 7) is 8.77. The number of rotatable bonds is 4. The van der Waals surface area contributed by atoms with Crippen molar-refractivity contribution in [2.24, 2.45) is 0 Å². The lowest BCUT2D eigenvalue weighted by Gasteiger charge is -2.37. The molecule has 1 unspecified atom stereocenters. The standard InChI is InChI=1S/C22H28N2O2/c1-16-10-11-19-20(24(16)15-17-8-6-5-7-9-17)12-18(14-23-19)13-21(25)26-22(2,3)4/h5-9,12,14,16H,10-11,13,15H2,1-4H3. The highest BCUT2D eigenvalue weighted by atomic mass is 16.6. The topological polar surface area (TPSA) is 42.4 Å². The van der Waals surface area contributed by atoms with Gasteiger partial charge in [-0.05, 0) is 57.7 Å². The van der Waals surface area contributed by atoms with Crippen LogP contribution in [0.5, 0.6) is 0 Å². The minimum Gasteiger partial charge on any atom is -0.460 e. The number of benzene rings is 1. The third-order valence-corrected chi connectivity index (χ3v) is 4.61. The molecular weight excluding hydrogens is 324 g/mol. The van der Waals surface area contributed by atoms with Gasteiger partial charge in [-0.3, -0.25) is 9.78 Å². The van der Waals surface area contributed by atoms with Gasteiger partial charge in [-0.25, -0.2) is 0 Å². The third kappa shape index (κ3) is 4.63. The minimum absolute atomic E-state index is 0.210. The SMILES string of the molecule is CC1CCc2ncc(CC(=O)OC(C)(C)C)cc2N1Cc1ccccc1. The summed E-state index contributed by atoms with van der Waals surface area (Å²) in [5.41, 5.74) is 3.99. The maximum absolute atomic E-state index is 12.2. The van der Waals surface area contributed by atoms with E-state index in [0.717, 1.165) is 36.3 Å². The molecule has 0 aliphatic carbocycles. The summed E-state index contributed by atoms with van der Waals surface area (Å²) in [7, 11) is 0. The van der Waals surface area contributed by atoms with Gasteiger partial charge in [0.05, 0.1) is 17.8 Å². The predicted octanol–water partition coefficient (Wildman–Crippen LogP) is 4.31. The Bertz CT molecular complexity index is 765. The second kappa shape index (κ2) is 7.48. The monoisotopic (exact) mass is 352 g/mol. The van der Waals surface area contributed by atoms with Crippen LogP contribution < -0.4 is 4.90 Å². The van der Waals surface area contributed by atoms with Gasteiger partial charge in [-0.15, -0.1) is 0 Å². The number of hydrogen-bond donors (Lipinski definition) is 0. The molecule has 4 heteroatoms. The van der Waals surface area contributed by atoms with Crippen LogP contribution >= 0.6 is 0 Å². The van der Waals surface area contributed by atoms with Crippen LogP contribution in [0.1, 0.15) is 50.9 Å². The molecule has 0 saturated heterocycles. The fourth-order valence-electron chi connectivity index (χ4n) is 3.37. The van der Waals surface area contributed by atoms with Crippen LogP contribution in [0.25, 0.3) is 0 Å². The molecule has 4 nitrogen and oxygen atoms in total. The molecule has 0 fully saturated rings. The van der Waals surface area contributed by atoms with Gasteiger partial charge in [0.15, 0.2) is 0 Å². The summed E-state index contributed by atoms with van der Waals surface area (Å²) in [6.07, 6.45) is 4.15. The maximum Gasteiger partial charge on any atom is 0.310 e. The highest BCUT2D eigenvalue weighted by Crippen LogP contribution is 2.31. The highest BCUT2D eigenvalue weighted by Gasteiger charge is 2.25. The molecule has 0 N–H and O–H groups in total. The lowest BCUT2D eigenvalue weighted by atomic mass is 9.98. The Balaban J connectivity index is 1.82. The van der Waals surface area contributed by atoms with Crippen molar-refractivity contribution in [2.75, 3.05) is 4.90 Å². The van der Waals surface area contributed by atoms with Crippen molar-refractivity contribution in [1.82, 2.24) is 4.98 Å². The van der Waals surface area contributed by atoms with Crippen LogP contribution in [0.15, 0.2) is 42.6 Å². The zero-order valence-corrected chi connectivity index (χ0v) is 16.2. The van der Waals surface area contributed by atoms with Crippen LogP contribution in [0, 0.1) is 0 Å². The molecule has 26 heavy (non-hydrogen) atoms. The molecule has 1 aromatic carbocycles. The number of pyridine rings is 1. The number of hydrogen-bond acceptors (Lipinski definition) is 4. The second-order valence-corrected chi connectivity index (χ2v) is 8.07. The van der Waals surface area contributed by atoms with E-state index in [2.05, 4.69) is 47.1 Å². The lowest BCUT2D eigenvalue weighted by Crippen LogP contribution is -2.37. The van der Waals surface area contributed by atoms with E-state index in [1.807, 2.05) is 33.0 Å². The average molecular weight is 352 g/mol. The van der Waals surface area contributed by atoms with Crippen molar-refractivity contribution in [3.05, 3.63) is 59.4 Å². The van der Waals surface area contributed by atoms with E-state index in [1.54, 1.807) is 0 Å². The van der Waals surface area contributed by atoms with E-state index < -0.39 is 5.60 Å². The Labute approximate surface area is 156 Å². The zero-order valence-electron chi connectivity index (χ0n) is 16.2.